The van der Waals surface area contributed by atoms with Gasteiger partial charge < -0.3 is 10.8 Å². The fourth-order valence-electron chi connectivity index (χ4n) is 2.83. The van der Waals surface area contributed by atoms with Crippen LogP contribution in [0.4, 0.5) is 5.69 Å². The van der Waals surface area contributed by atoms with Crippen LogP contribution in [0.5, 0.6) is 5.75 Å². The maximum atomic E-state index is 9.98. The highest BCUT2D eigenvalue weighted by Gasteiger charge is 2.10. The van der Waals surface area contributed by atoms with Gasteiger partial charge in [-0.1, -0.05) is 30.3 Å². The minimum absolute atomic E-state index is 0.328. The van der Waals surface area contributed by atoms with Crippen molar-refractivity contribution >= 4 is 38.0 Å². The smallest absolute Gasteiger partial charge is 0.123 e. The maximum Gasteiger partial charge on any atom is 0.123 e. The first kappa shape index (κ1) is 9.54. The second-order valence-electron chi connectivity index (χ2n) is 4.70. The van der Waals surface area contributed by atoms with E-state index in [1.165, 1.54) is 5.39 Å². The number of nitrogens with two attached hydrogens (primary N) is 1. The molecule has 3 N–H and O–H groups in total. The summed E-state index contributed by atoms with van der Waals surface area (Å²) in [6.07, 6.45) is 0. The number of rotatable bonds is 0. The molecule has 0 saturated carbocycles. The number of hydrogen-bond donors (Lipinski definition) is 2. The van der Waals surface area contributed by atoms with Crippen LogP contribution in [-0.2, 0) is 0 Å². The number of aromatic hydroxyl groups is 1. The molecule has 0 aliphatic heterocycles. The van der Waals surface area contributed by atoms with Crippen LogP contribution in [0, 0.1) is 0 Å². The van der Waals surface area contributed by atoms with Crippen molar-refractivity contribution in [2.24, 2.45) is 0 Å². The van der Waals surface area contributed by atoms with Gasteiger partial charge in [0.2, 0.25) is 0 Å². The van der Waals surface area contributed by atoms with Crippen LogP contribution in [0.2, 0.25) is 0 Å². The Hall–Kier alpha value is -2.48. The van der Waals surface area contributed by atoms with Crippen LogP contribution in [0.3, 0.4) is 0 Å². The van der Waals surface area contributed by atoms with Crippen LogP contribution in [0.15, 0.2) is 48.5 Å². The molecule has 2 nitrogen and oxygen atoms in total. The standard InChI is InChI=1S/C16H11NO/c17-12-7-10-2-1-9-4-6-14(18)13-5-3-11(8-12)15(10)16(9)13/h1-8,18H,17H2. The van der Waals surface area contributed by atoms with Crippen molar-refractivity contribution in [1.82, 2.24) is 0 Å². The second-order valence-corrected chi connectivity index (χ2v) is 4.70. The van der Waals surface area contributed by atoms with E-state index in [-0.39, 0.29) is 0 Å². The lowest BCUT2D eigenvalue weighted by molar-refractivity contribution is 0.482. The summed E-state index contributed by atoms with van der Waals surface area (Å²) < 4.78 is 0. The predicted molar refractivity (Wildman–Crippen MR) is 76.2 cm³/mol. The summed E-state index contributed by atoms with van der Waals surface area (Å²) in [6, 6.07) is 15.8. The first-order valence-electron chi connectivity index (χ1n) is 5.90. The monoisotopic (exact) mass is 233 g/mol. The highest BCUT2D eigenvalue weighted by atomic mass is 16.3. The Labute approximate surface area is 104 Å². The van der Waals surface area contributed by atoms with E-state index < -0.39 is 0 Å². The molecule has 4 rings (SSSR count). The summed E-state index contributed by atoms with van der Waals surface area (Å²) in [5, 5.41) is 16.5. The van der Waals surface area contributed by atoms with E-state index in [0.29, 0.717) is 5.75 Å². The van der Waals surface area contributed by atoms with E-state index in [1.54, 1.807) is 6.07 Å². The largest absolute Gasteiger partial charge is 0.507 e. The Balaban J connectivity index is 2.44. The van der Waals surface area contributed by atoms with Crippen molar-refractivity contribution in [2.75, 3.05) is 5.73 Å². The molecule has 0 fully saturated rings. The molecule has 0 saturated heterocycles. The molecule has 4 aromatic rings. The number of hydrogen-bond acceptors (Lipinski definition) is 2. The molecule has 0 aliphatic carbocycles. The third-order valence-electron chi connectivity index (χ3n) is 3.60. The average molecular weight is 233 g/mol. The number of phenols is 1. The highest BCUT2D eigenvalue weighted by Crippen LogP contribution is 2.38. The normalized spacial score (nSPS) is 11.8. The number of phenolic OH excluding ortho intramolecular Hbond substituents is 1. The minimum atomic E-state index is 0.328. The Bertz CT molecular complexity index is 877. The average Bonchev–Trinajstić information content (AvgIpc) is 2.37. The van der Waals surface area contributed by atoms with Gasteiger partial charge in [-0.2, -0.15) is 0 Å². The molecule has 86 valence electrons. The van der Waals surface area contributed by atoms with Gasteiger partial charge in [-0.3, -0.25) is 0 Å². The van der Waals surface area contributed by atoms with Crippen molar-refractivity contribution < 1.29 is 5.11 Å². The Morgan fingerprint density at radius 1 is 0.722 bits per heavy atom. The third-order valence-corrected chi connectivity index (χ3v) is 3.60. The molecule has 0 amide bonds. The molecule has 0 aromatic heterocycles. The molecule has 0 radical (unpaired) electrons. The Kier molecular flexibility index (Phi) is 1.61. The van der Waals surface area contributed by atoms with Gasteiger partial charge in [0.1, 0.15) is 5.75 Å². The zero-order chi connectivity index (χ0) is 12.3. The van der Waals surface area contributed by atoms with Crippen molar-refractivity contribution in [3.63, 3.8) is 0 Å². The van der Waals surface area contributed by atoms with Crippen molar-refractivity contribution in [3.05, 3.63) is 48.5 Å². The van der Waals surface area contributed by atoms with Crippen molar-refractivity contribution in [2.45, 2.75) is 0 Å². The van der Waals surface area contributed by atoms with Gasteiger partial charge in [-0.05, 0) is 39.7 Å². The summed E-state index contributed by atoms with van der Waals surface area (Å²) in [7, 11) is 0. The van der Waals surface area contributed by atoms with Crippen LogP contribution >= 0.6 is 0 Å². The molecule has 0 atom stereocenters. The van der Waals surface area contributed by atoms with E-state index in [2.05, 4.69) is 12.1 Å². The molecule has 2 heteroatoms. The lowest BCUT2D eigenvalue weighted by Crippen LogP contribution is -1.88. The van der Waals surface area contributed by atoms with Crippen LogP contribution < -0.4 is 5.73 Å². The number of nitrogen functional groups attached to an aromatic ring is 1. The van der Waals surface area contributed by atoms with Gasteiger partial charge in [-0.25, -0.2) is 0 Å². The highest BCUT2D eigenvalue weighted by molar-refractivity contribution is 6.24. The van der Waals surface area contributed by atoms with E-state index in [4.69, 9.17) is 5.73 Å². The molecule has 4 aromatic carbocycles. The Morgan fingerprint density at radius 2 is 1.33 bits per heavy atom. The predicted octanol–water partition coefficient (Wildman–Crippen LogP) is 3.87. The number of benzene rings is 4. The van der Waals surface area contributed by atoms with Crippen molar-refractivity contribution in [3.8, 4) is 5.75 Å². The van der Waals surface area contributed by atoms with Crippen LogP contribution in [-0.4, -0.2) is 5.11 Å². The van der Waals surface area contributed by atoms with Gasteiger partial charge in [0.05, 0.1) is 0 Å². The summed E-state index contributed by atoms with van der Waals surface area (Å²) in [6.45, 7) is 0. The van der Waals surface area contributed by atoms with E-state index >= 15 is 0 Å². The lowest BCUT2D eigenvalue weighted by atomic mass is 9.93. The molecule has 0 heterocycles. The lowest BCUT2D eigenvalue weighted by Gasteiger charge is -2.12. The zero-order valence-corrected chi connectivity index (χ0v) is 9.64. The zero-order valence-electron chi connectivity index (χ0n) is 9.64. The van der Waals surface area contributed by atoms with E-state index in [9.17, 15) is 5.11 Å². The van der Waals surface area contributed by atoms with Crippen LogP contribution in [0.25, 0.3) is 32.3 Å². The number of anilines is 1. The van der Waals surface area contributed by atoms with Gasteiger partial charge >= 0.3 is 0 Å². The van der Waals surface area contributed by atoms with Gasteiger partial charge in [-0.15, -0.1) is 0 Å². The summed E-state index contributed by atoms with van der Waals surface area (Å²) in [5.41, 5.74) is 6.68. The first-order chi connectivity index (χ1) is 8.74. The molecule has 0 unspecified atom stereocenters. The molecule has 18 heavy (non-hydrogen) atoms. The molecule has 0 bridgehead atoms. The molecule has 0 spiro atoms. The Morgan fingerprint density at radius 3 is 2.11 bits per heavy atom. The third kappa shape index (κ3) is 1.07. The molecular formula is C16H11NO. The van der Waals surface area contributed by atoms with Gasteiger partial charge in [0.25, 0.3) is 0 Å². The summed E-state index contributed by atoms with van der Waals surface area (Å²) in [5.74, 6) is 0.328. The fraction of sp³-hybridized carbons (Fsp3) is 0. The van der Waals surface area contributed by atoms with Crippen LogP contribution in [0.1, 0.15) is 0 Å². The van der Waals surface area contributed by atoms with E-state index in [0.717, 1.165) is 32.6 Å². The topological polar surface area (TPSA) is 46.2 Å². The molecule has 0 aliphatic rings. The van der Waals surface area contributed by atoms with E-state index in [1.807, 2.05) is 30.3 Å². The quantitative estimate of drug-likeness (QED) is 0.357. The second kappa shape index (κ2) is 3.05. The van der Waals surface area contributed by atoms with Gasteiger partial charge in [0.15, 0.2) is 0 Å². The van der Waals surface area contributed by atoms with Gasteiger partial charge in [0, 0.05) is 16.5 Å². The fourth-order valence-corrected chi connectivity index (χ4v) is 2.83. The van der Waals surface area contributed by atoms with Crippen molar-refractivity contribution in [1.29, 1.82) is 0 Å². The maximum absolute atomic E-state index is 9.98. The SMILES string of the molecule is Nc1cc2ccc3ccc(O)c4ccc(c1)c2c34. The minimum Gasteiger partial charge on any atom is -0.507 e. The first-order valence-corrected chi connectivity index (χ1v) is 5.90. The molecular weight excluding hydrogens is 222 g/mol. The summed E-state index contributed by atoms with van der Waals surface area (Å²) >= 11 is 0. The summed E-state index contributed by atoms with van der Waals surface area (Å²) in [4.78, 5) is 0.